The number of aromatic nitrogens is 1. The molecule has 6 heteroatoms. The Bertz CT molecular complexity index is 874. The van der Waals surface area contributed by atoms with E-state index in [2.05, 4.69) is 18.8 Å². The summed E-state index contributed by atoms with van der Waals surface area (Å²) in [5.41, 5.74) is 2.08. The maximum Gasteiger partial charge on any atom is 0.264 e. The number of carbonyl (C=O) groups excluding carboxylic acids is 1. The van der Waals surface area contributed by atoms with Gasteiger partial charge >= 0.3 is 0 Å². The average molecular weight is 401 g/mol. The van der Waals surface area contributed by atoms with E-state index in [0.29, 0.717) is 13.2 Å². The van der Waals surface area contributed by atoms with Crippen molar-refractivity contribution in [2.75, 3.05) is 0 Å². The standard InChI is InChI=1S/C21H24N2O2S2/c1-4-16(3)23(21(24)19-9-6-10-26-19)12-17-14-27-20(22-17)13-25-18-8-5-7-15(2)11-18/h5-11,14,16H,4,12-13H2,1-3H3/t16-/m1/s1. The van der Waals surface area contributed by atoms with Crippen molar-refractivity contribution in [1.82, 2.24) is 9.88 Å². The summed E-state index contributed by atoms with van der Waals surface area (Å²) < 4.78 is 5.84. The quantitative estimate of drug-likeness (QED) is 0.499. The number of hydrogen-bond acceptors (Lipinski definition) is 5. The van der Waals surface area contributed by atoms with Crippen molar-refractivity contribution in [2.45, 2.75) is 46.4 Å². The number of amides is 1. The predicted molar refractivity (Wildman–Crippen MR) is 112 cm³/mol. The first-order valence-electron chi connectivity index (χ1n) is 9.04. The van der Waals surface area contributed by atoms with Crippen LogP contribution in [0.25, 0.3) is 0 Å². The lowest BCUT2D eigenvalue weighted by molar-refractivity contribution is 0.0674. The molecule has 0 radical (unpaired) electrons. The molecule has 0 aliphatic heterocycles. The van der Waals surface area contributed by atoms with E-state index >= 15 is 0 Å². The van der Waals surface area contributed by atoms with E-state index in [1.54, 1.807) is 11.3 Å². The summed E-state index contributed by atoms with van der Waals surface area (Å²) in [5, 5.41) is 4.87. The second-order valence-corrected chi connectivity index (χ2v) is 8.40. The summed E-state index contributed by atoms with van der Waals surface area (Å²) in [6.45, 7) is 7.19. The van der Waals surface area contributed by atoms with Gasteiger partial charge in [-0.2, -0.15) is 0 Å². The highest BCUT2D eigenvalue weighted by Gasteiger charge is 2.22. The first-order valence-corrected chi connectivity index (χ1v) is 10.8. The number of rotatable bonds is 8. The third kappa shape index (κ3) is 5.17. The van der Waals surface area contributed by atoms with Gasteiger partial charge in [0.05, 0.1) is 17.1 Å². The second kappa shape index (κ2) is 9.15. The Labute approximate surface area is 168 Å². The van der Waals surface area contributed by atoms with E-state index in [1.807, 2.05) is 59.0 Å². The lowest BCUT2D eigenvalue weighted by Crippen LogP contribution is -2.37. The van der Waals surface area contributed by atoms with Gasteiger partial charge in [-0.25, -0.2) is 4.98 Å². The van der Waals surface area contributed by atoms with Crippen LogP contribution in [0.1, 0.15) is 46.2 Å². The van der Waals surface area contributed by atoms with E-state index in [4.69, 9.17) is 4.74 Å². The number of benzene rings is 1. The molecule has 1 atom stereocenters. The number of nitrogens with zero attached hydrogens (tertiary/aromatic N) is 2. The monoisotopic (exact) mass is 400 g/mol. The molecule has 142 valence electrons. The van der Waals surface area contributed by atoms with Crippen LogP contribution >= 0.6 is 22.7 Å². The van der Waals surface area contributed by atoms with Gasteiger partial charge in [0.1, 0.15) is 17.4 Å². The largest absolute Gasteiger partial charge is 0.486 e. The molecule has 0 aliphatic rings. The molecule has 2 aromatic heterocycles. The highest BCUT2D eigenvalue weighted by Crippen LogP contribution is 2.21. The zero-order chi connectivity index (χ0) is 19.2. The lowest BCUT2D eigenvalue weighted by Gasteiger charge is -2.27. The SMILES string of the molecule is CC[C@@H](C)N(Cc1csc(COc2cccc(C)c2)n1)C(=O)c1cccs1. The summed E-state index contributed by atoms with van der Waals surface area (Å²) >= 11 is 3.05. The smallest absolute Gasteiger partial charge is 0.264 e. The second-order valence-electron chi connectivity index (χ2n) is 6.51. The van der Waals surface area contributed by atoms with Crippen LogP contribution in [0.15, 0.2) is 47.2 Å². The van der Waals surface area contributed by atoms with E-state index in [1.165, 1.54) is 16.9 Å². The van der Waals surface area contributed by atoms with E-state index in [9.17, 15) is 4.79 Å². The minimum absolute atomic E-state index is 0.0740. The van der Waals surface area contributed by atoms with Gasteiger partial charge in [-0.05, 0) is 49.4 Å². The number of aryl methyl sites for hydroxylation is 1. The molecule has 0 N–H and O–H groups in total. The summed E-state index contributed by atoms with van der Waals surface area (Å²) in [7, 11) is 0. The molecule has 0 bridgehead atoms. The molecule has 4 nitrogen and oxygen atoms in total. The fraction of sp³-hybridized carbons (Fsp3) is 0.333. The van der Waals surface area contributed by atoms with Crippen molar-refractivity contribution in [1.29, 1.82) is 0 Å². The third-order valence-electron chi connectivity index (χ3n) is 4.40. The molecule has 0 aliphatic carbocycles. The van der Waals surface area contributed by atoms with Crippen molar-refractivity contribution >= 4 is 28.6 Å². The van der Waals surface area contributed by atoms with Gasteiger partial charge in [0.15, 0.2) is 0 Å². The zero-order valence-corrected chi connectivity index (χ0v) is 17.5. The van der Waals surface area contributed by atoms with E-state index in [0.717, 1.165) is 27.7 Å². The molecular formula is C21H24N2O2S2. The first kappa shape index (κ1) is 19.6. The molecule has 0 spiro atoms. The Morgan fingerprint density at radius 1 is 1.26 bits per heavy atom. The van der Waals surface area contributed by atoms with Gasteiger partial charge in [-0.15, -0.1) is 22.7 Å². The normalized spacial score (nSPS) is 12.0. The van der Waals surface area contributed by atoms with Crippen LogP contribution in [0.2, 0.25) is 0 Å². The molecule has 0 saturated carbocycles. The molecule has 0 unspecified atom stereocenters. The highest BCUT2D eigenvalue weighted by atomic mass is 32.1. The third-order valence-corrected chi connectivity index (χ3v) is 6.13. The topological polar surface area (TPSA) is 42.4 Å². The van der Waals surface area contributed by atoms with E-state index in [-0.39, 0.29) is 11.9 Å². The Morgan fingerprint density at radius 2 is 2.11 bits per heavy atom. The number of ether oxygens (including phenoxy) is 1. The highest BCUT2D eigenvalue weighted by molar-refractivity contribution is 7.12. The summed E-state index contributed by atoms with van der Waals surface area (Å²) in [6, 6.07) is 11.9. The maximum atomic E-state index is 12.8. The van der Waals surface area contributed by atoms with Crippen molar-refractivity contribution < 1.29 is 9.53 Å². The Balaban J connectivity index is 1.66. The first-order chi connectivity index (χ1) is 13.1. The molecule has 2 heterocycles. The molecule has 27 heavy (non-hydrogen) atoms. The number of carbonyl (C=O) groups is 1. The summed E-state index contributed by atoms with van der Waals surface area (Å²) in [4.78, 5) is 20.2. The van der Waals surface area contributed by atoms with Crippen molar-refractivity contribution in [3.05, 3.63) is 68.3 Å². The van der Waals surface area contributed by atoms with Gasteiger partial charge in [0, 0.05) is 11.4 Å². The zero-order valence-electron chi connectivity index (χ0n) is 15.8. The van der Waals surface area contributed by atoms with Crippen LogP contribution in [0.3, 0.4) is 0 Å². The van der Waals surface area contributed by atoms with Gasteiger partial charge in [0.25, 0.3) is 5.91 Å². The molecule has 0 saturated heterocycles. The average Bonchev–Trinajstić information content (AvgIpc) is 3.35. The summed E-state index contributed by atoms with van der Waals surface area (Å²) in [6.07, 6.45) is 0.907. The van der Waals surface area contributed by atoms with Crippen LogP contribution in [-0.2, 0) is 13.2 Å². The molecule has 1 aromatic carbocycles. The van der Waals surface area contributed by atoms with Crippen molar-refractivity contribution in [2.24, 2.45) is 0 Å². The number of hydrogen-bond donors (Lipinski definition) is 0. The van der Waals surface area contributed by atoms with Crippen molar-refractivity contribution in [3.63, 3.8) is 0 Å². The van der Waals surface area contributed by atoms with E-state index < -0.39 is 0 Å². The molecule has 1 amide bonds. The molecule has 3 rings (SSSR count). The van der Waals surface area contributed by atoms with Crippen LogP contribution in [0, 0.1) is 6.92 Å². The minimum Gasteiger partial charge on any atom is -0.486 e. The fourth-order valence-electron chi connectivity index (χ4n) is 2.70. The fourth-order valence-corrected chi connectivity index (χ4v) is 4.08. The van der Waals surface area contributed by atoms with Gasteiger partial charge in [-0.1, -0.05) is 25.1 Å². The Hall–Kier alpha value is -2.18. The Kier molecular flexibility index (Phi) is 6.63. The molecule has 0 fully saturated rings. The Morgan fingerprint density at radius 3 is 2.81 bits per heavy atom. The number of thiophene rings is 1. The lowest BCUT2D eigenvalue weighted by atomic mass is 10.2. The van der Waals surface area contributed by atoms with Crippen LogP contribution in [-0.4, -0.2) is 21.8 Å². The van der Waals surface area contributed by atoms with Crippen molar-refractivity contribution in [3.8, 4) is 5.75 Å². The van der Waals surface area contributed by atoms with Gasteiger partial charge < -0.3 is 9.64 Å². The van der Waals surface area contributed by atoms with Crippen LogP contribution < -0.4 is 4.74 Å². The predicted octanol–water partition coefficient (Wildman–Crippen LogP) is 5.53. The summed E-state index contributed by atoms with van der Waals surface area (Å²) in [5.74, 6) is 0.922. The van der Waals surface area contributed by atoms with Crippen LogP contribution in [0.5, 0.6) is 5.75 Å². The molecular weight excluding hydrogens is 376 g/mol. The van der Waals surface area contributed by atoms with Gasteiger partial charge in [-0.3, -0.25) is 4.79 Å². The van der Waals surface area contributed by atoms with Gasteiger partial charge in [0.2, 0.25) is 0 Å². The molecule has 3 aromatic rings. The minimum atomic E-state index is 0.0740. The van der Waals surface area contributed by atoms with Crippen LogP contribution in [0.4, 0.5) is 0 Å². The number of thiazole rings is 1. The maximum absolute atomic E-state index is 12.8.